The molecule has 19 heavy (non-hydrogen) atoms. The van der Waals surface area contributed by atoms with Crippen LogP contribution in [0.3, 0.4) is 0 Å². The fourth-order valence-electron chi connectivity index (χ4n) is 2.06. The molecule has 3 nitrogen and oxygen atoms in total. The van der Waals surface area contributed by atoms with E-state index in [1.165, 1.54) is 11.3 Å². The second kappa shape index (κ2) is 4.90. The second-order valence-electron chi connectivity index (χ2n) is 4.37. The Morgan fingerprint density at radius 2 is 2.16 bits per heavy atom. The van der Waals surface area contributed by atoms with Gasteiger partial charge >= 0.3 is 0 Å². The number of aryl methyl sites for hydroxylation is 1. The van der Waals surface area contributed by atoms with Crippen molar-refractivity contribution >= 4 is 28.0 Å². The van der Waals surface area contributed by atoms with Crippen molar-refractivity contribution in [1.29, 1.82) is 0 Å². The first kappa shape index (κ1) is 12.0. The Bertz CT molecular complexity index is 735. The Morgan fingerprint density at radius 1 is 1.32 bits per heavy atom. The summed E-state index contributed by atoms with van der Waals surface area (Å²) >= 11 is 1.49. The van der Waals surface area contributed by atoms with Crippen molar-refractivity contribution < 1.29 is 4.79 Å². The number of fused-ring (bicyclic) bond motifs is 1. The van der Waals surface area contributed by atoms with Gasteiger partial charge in [0.25, 0.3) is 0 Å². The van der Waals surface area contributed by atoms with Gasteiger partial charge in [0.2, 0.25) is 0 Å². The second-order valence-corrected chi connectivity index (χ2v) is 5.35. The molecular weight excluding hydrogens is 256 g/mol. The molecule has 0 unspecified atom stereocenters. The number of carbonyl (C=O) groups excluding carboxylic acids is 1. The molecular formula is C15H12N2OS. The van der Waals surface area contributed by atoms with Gasteiger partial charge in [0, 0.05) is 17.0 Å². The third-order valence-corrected chi connectivity index (χ3v) is 3.78. The van der Waals surface area contributed by atoms with Gasteiger partial charge in [-0.2, -0.15) is 0 Å². The number of pyridine rings is 1. The number of nitrogens with zero attached hydrogens (tertiary/aromatic N) is 2. The highest BCUT2D eigenvalue weighted by Crippen LogP contribution is 2.18. The summed E-state index contributed by atoms with van der Waals surface area (Å²) in [6, 6.07) is 9.73. The smallest absolute Gasteiger partial charge is 0.187 e. The first-order valence-corrected chi connectivity index (χ1v) is 6.90. The van der Waals surface area contributed by atoms with Crippen LogP contribution in [0.2, 0.25) is 0 Å². The van der Waals surface area contributed by atoms with E-state index in [1.54, 1.807) is 6.20 Å². The number of benzene rings is 1. The van der Waals surface area contributed by atoms with Gasteiger partial charge in [-0.1, -0.05) is 18.2 Å². The van der Waals surface area contributed by atoms with Crippen LogP contribution in [0.1, 0.15) is 21.1 Å². The SMILES string of the molecule is Cc1cc(C(=O)Cc2nccs2)nc2ccccc12. The molecule has 0 spiro atoms. The van der Waals surface area contributed by atoms with Crippen molar-refractivity contribution in [3.05, 3.63) is 58.2 Å². The van der Waals surface area contributed by atoms with E-state index in [2.05, 4.69) is 9.97 Å². The number of thiazole rings is 1. The third kappa shape index (κ3) is 2.39. The fourth-order valence-corrected chi connectivity index (χ4v) is 2.68. The first-order valence-electron chi connectivity index (χ1n) is 6.02. The summed E-state index contributed by atoms with van der Waals surface area (Å²) in [6.45, 7) is 2.00. The number of Topliss-reactive ketones (excluding diaryl/α,β-unsaturated/α-hetero) is 1. The highest BCUT2D eigenvalue weighted by Gasteiger charge is 2.12. The van der Waals surface area contributed by atoms with Crippen LogP contribution in [0.5, 0.6) is 0 Å². The summed E-state index contributed by atoms with van der Waals surface area (Å²) in [5, 5.41) is 3.80. The number of hydrogen-bond donors (Lipinski definition) is 0. The maximum atomic E-state index is 12.2. The average molecular weight is 268 g/mol. The van der Waals surface area contributed by atoms with Crippen molar-refractivity contribution in [3.63, 3.8) is 0 Å². The summed E-state index contributed by atoms with van der Waals surface area (Å²) < 4.78 is 0. The minimum Gasteiger partial charge on any atom is -0.292 e. The van der Waals surface area contributed by atoms with Crippen LogP contribution >= 0.6 is 11.3 Å². The van der Waals surface area contributed by atoms with Crippen LogP contribution in [0, 0.1) is 6.92 Å². The van der Waals surface area contributed by atoms with E-state index in [4.69, 9.17) is 0 Å². The number of ketones is 1. The molecule has 3 rings (SSSR count). The van der Waals surface area contributed by atoms with E-state index in [0.29, 0.717) is 12.1 Å². The van der Waals surface area contributed by atoms with Crippen molar-refractivity contribution in [3.8, 4) is 0 Å². The molecule has 1 aromatic carbocycles. The lowest BCUT2D eigenvalue weighted by molar-refractivity contribution is 0.0988. The molecule has 4 heteroatoms. The van der Waals surface area contributed by atoms with E-state index in [0.717, 1.165) is 21.5 Å². The molecule has 0 aliphatic carbocycles. The van der Waals surface area contributed by atoms with Crippen LogP contribution in [0.4, 0.5) is 0 Å². The highest BCUT2D eigenvalue weighted by molar-refractivity contribution is 7.09. The molecule has 0 radical (unpaired) electrons. The summed E-state index contributed by atoms with van der Waals surface area (Å²) in [5.41, 5.74) is 2.46. The first-order chi connectivity index (χ1) is 9.24. The van der Waals surface area contributed by atoms with Gasteiger partial charge in [-0.25, -0.2) is 9.97 Å². The lowest BCUT2D eigenvalue weighted by Gasteiger charge is -2.05. The van der Waals surface area contributed by atoms with E-state index < -0.39 is 0 Å². The van der Waals surface area contributed by atoms with Crippen LogP contribution in [0.25, 0.3) is 10.9 Å². The van der Waals surface area contributed by atoms with Crippen LogP contribution < -0.4 is 0 Å². The Labute approximate surface area is 115 Å². The zero-order valence-electron chi connectivity index (χ0n) is 10.5. The monoisotopic (exact) mass is 268 g/mol. The Kier molecular flexibility index (Phi) is 3.09. The Balaban J connectivity index is 1.98. The van der Waals surface area contributed by atoms with Gasteiger partial charge in [-0.15, -0.1) is 11.3 Å². The van der Waals surface area contributed by atoms with Gasteiger partial charge in [0.1, 0.15) is 10.7 Å². The molecule has 0 saturated carbocycles. The number of carbonyl (C=O) groups is 1. The summed E-state index contributed by atoms with van der Waals surface area (Å²) in [5.74, 6) is 0.0174. The van der Waals surface area contributed by atoms with E-state index >= 15 is 0 Å². The van der Waals surface area contributed by atoms with Gasteiger partial charge < -0.3 is 0 Å². The minimum absolute atomic E-state index is 0.0174. The van der Waals surface area contributed by atoms with Gasteiger partial charge in [0.05, 0.1) is 11.9 Å². The maximum Gasteiger partial charge on any atom is 0.187 e. The highest BCUT2D eigenvalue weighted by atomic mass is 32.1. The molecule has 2 aromatic heterocycles. The summed E-state index contributed by atoms with van der Waals surface area (Å²) in [4.78, 5) is 20.8. The minimum atomic E-state index is 0.0174. The fraction of sp³-hybridized carbons (Fsp3) is 0.133. The van der Waals surface area contributed by atoms with Crippen LogP contribution in [0.15, 0.2) is 41.9 Å². The van der Waals surface area contributed by atoms with Crippen molar-refractivity contribution in [1.82, 2.24) is 9.97 Å². The van der Waals surface area contributed by atoms with Crippen molar-refractivity contribution in [2.24, 2.45) is 0 Å². The predicted molar refractivity (Wildman–Crippen MR) is 76.6 cm³/mol. The van der Waals surface area contributed by atoms with Crippen molar-refractivity contribution in [2.45, 2.75) is 13.3 Å². The molecule has 0 atom stereocenters. The molecule has 2 heterocycles. The zero-order valence-corrected chi connectivity index (χ0v) is 11.3. The lowest BCUT2D eigenvalue weighted by atomic mass is 10.1. The van der Waals surface area contributed by atoms with Gasteiger partial charge in [0.15, 0.2) is 5.78 Å². The molecule has 3 aromatic rings. The van der Waals surface area contributed by atoms with E-state index in [-0.39, 0.29) is 5.78 Å². The maximum absolute atomic E-state index is 12.2. The number of hydrogen-bond acceptors (Lipinski definition) is 4. The largest absolute Gasteiger partial charge is 0.292 e. The van der Waals surface area contributed by atoms with Gasteiger partial charge in [-0.3, -0.25) is 4.79 Å². The lowest BCUT2D eigenvalue weighted by Crippen LogP contribution is -2.06. The molecule has 0 amide bonds. The standard InChI is InChI=1S/C15H12N2OS/c1-10-8-13(14(18)9-15-16-6-7-19-15)17-12-5-3-2-4-11(10)12/h2-8H,9H2,1H3. The van der Waals surface area contributed by atoms with Crippen LogP contribution in [-0.2, 0) is 6.42 Å². The molecule has 94 valence electrons. The zero-order chi connectivity index (χ0) is 13.2. The van der Waals surface area contributed by atoms with E-state index in [1.807, 2.05) is 42.6 Å². The molecule has 0 bridgehead atoms. The molecule has 0 saturated heterocycles. The van der Waals surface area contributed by atoms with Gasteiger partial charge in [-0.05, 0) is 24.6 Å². The summed E-state index contributed by atoms with van der Waals surface area (Å²) in [7, 11) is 0. The number of rotatable bonds is 3. The summed E-state index contributed by atoms with van der Waals surface area (Å²) in [6.07, 6.45) is 2.04. The Morgan fingerprint density at radius 3 is 2.95 bits per heavy atom. The van der Waals surface area contributed by atoms with Crippen molar-refractivity contribution in [2.75, 3.05) is 0 Å². The molecule has 0 aliphatic rings. The number of para-hydroxylation sites is 1. The molecule has 0 N–H and O–H groups in total. The average Bonchev–Trinajstić information content (AvgIpc) is 2.91. The third-order valence-electron chi connectivity index (χ3n) is 3.00. The van der Waals surface area contributed by atoms with Crippen LogP contribution in [-0.4, -0.2) is 15.8 Å². The topological polar surface area (TPSA) is 42.9 Å². The van der Waals surface area contributed by atoms with E-state index in [9.17, 15) is 4.79 Å². The quantitative estimate of drug-likeness (QED) is 0.683. The number of aromatic nitrogens is 2. The Hall–Kier alpha value is -2.07. The normalized spacial score (nSPS) is 10.8. The molecule has 0 fully saturated rings. The predicted octanol–water partition coefficient (Wildman–Crippen LogP) is 3.43. The molecule has 0 aliphatic heterocycles.